The van der Waals surface area contributed by atoms with Crippen molar-refractivity contribution >= 4 is 23.8 Å². The molecular weight excluding hydrogens is 496 g/mol. The lowest BCUT2D eigenvalue weighted by Crippen LogP contribution is -2.60. The van der Waals surface area contributed by atoms with Crippen LogP contribution in [0.25, 0.3) is 6.08 Å². The predicted octanol–water partition coefficient (Wildman–Crippen LogP) is 1.76. The zero-order valence-electron chi connectivity index (χ0n) is 23.1. The van der Waals surface area contributed by atoms with Crippen LogP contribution in [-0.2, 0) is 20.8 Å². The number of carbonyl (C=O) groups excluding carboxylic acids is 3. The van der Waals surface area contributed by atoms with Crippen LogP contribution in [0.1, 0.15) is 31.9 Å². The summed E-state index contributed by atoms with van der Waals surface area (Å²) < 4.78 is 5.97. The molecule has 0 saturated heterocycles. The molecule has 0 spiro atoms. The molecule has 1 unspecified atom stereocenters. The van der Waals surface area contributed by atoms with E-state index >= 15 is 0 Å². The number of amides is 3. The van der Waals surface area contributed by atoms with Crippen molar-refractivity contribution in [1.82, 2.24) is 20.9 Å². The van der Waals surface area contributed by atoms with Crippen LogP contribution in [0.15, 0.2) is 60.7 Å². The van der Waals surface area contributed by atoms with Crippen LogP contribution in [0.5, 0.6) is 5.75 Å². The van der Waals surface area contributed by atoms with E-state index in [1.165, 1.54) is 18.9 Å². The fourth-order valence-electron chi connectivity index (χ4n) is 4.59. The number of nitrogens with zero attached hydrogens (tertiary/aromatic N) is 1. The maximum atomic E-state index is 13.5. The molecule has 0 aliphatic carbocycles. The molecule has 210 valence electrons. The van der Waals surface area contributed by atoms with Gasteiger partial charge in [-0.1, -0.05) is 74.5 Å². The van der Waals surface area contributed by atoms with Gasteiger partial charge in [-0.25, -0.2) is 0 Å². The number of aliphatic hydroxyl groups excluding tert-OH is 1. The molecule has 0 saturated carbocycles. The first-order valence-corrected chi connectivity index (χ1v) is 13.4. The Kier molecular flexibility index (Phi) is 11.1. The van der Waals surface area contributed by atoms with E-state index in [1.807, 2.05) is 80.6 Å². The molecule has 9 heteroatoms. The Morgan fingerprint density at radius 3 is 2.38 bits per heavy atom. The van der Waals surface area contributed by atoms with Gasteiger partial charge in [0.1, 0.15) is 24.4 Å². The molecule has 1 aliphatic heterocycles. The lowest BCUT2D eigenvalue weighted by molar-refractivity contribution is -0.145. The number of hydrogen-bond acceptors (Lipinski definition) is 6. The second kappa shape index (κ2) is 14.5. The van der Waals surface area contributed by atoms with Gasteiger partial charge in [0, 0.05) is 32.1 Å². The summed E-state index contributed by atoms with van der Waals surface area (Å²) >= 11 is 0. The summed E-state index contributed by atoms with van der Waals surface area (Å²) in [5.41, 5.74) is 1.72. The second-order valence-corrected chi connectivity index (χ2v) is 10.1. The van der Waals surface area contributed by atoms with Crippen molar-refractivity contribution in [3.8, 4) is 5.75 Å². The van der Waals surface area contributed by atoms with Crippen molar-refractivity contribution in [1.29, 1.82) is 0 Å². The van der Waals surface area contributed by atoms with Gasteiger partial charge in [0.15, 0.2) is 0 Å². The monoisotopic (exact) mass is 536 g/mol. The standard InChI is InChI=1S/C30H40N4O5/c1-20(2)26-30(38)34(4)27(21(3)35)29(37)33-24(19-22-11-6-5-7-12-22)28(36)32-16-10-14-23-13-8-9-15-25(23)39-18-17-31-26/h5-15,20-21,24,26-27,31,35H,16-19H2,1-4H3,(H,32,36)(H,33,37)/t21?,24-,26+,27+/m1/s1. The highest BCUT2D eigenvalue weighted by Gasteiger charge is 2.36. The van der Waals surface area contributed by atoms with Gasteiger partial charge in [-0.3, -0.25) is 14.4 Å². The Morgan fingerprint density at radius 1 is 1.00 bits per heavy atom. The molecular formula is C30H40N4O5. The maximum absolute atomic E-state index is 13.5. The average Bonchev–Trinajstić information content (AvgIpc) is 2.90. The van der Waals surface area contributed by atoms with Gasteiger partial charge in [0.25, 0.3) is 0 Å². The average molecular weight is 537 g/mol. The van der Waals surface area contributed by atoms with Gasteiger partial charge in [0.05, 0.1) is 12.1 Å². The lowest BCUT2D eigenvalue weighted by Gasteiger charge is -2.34. The second-order valence-electron chi connectivity index (χ2n) is 10.1. The van der Waals surface area contributed by atoms with Gasteiger partial charge in [-0.2, -0.15) is 0 Å². The molecule has 0 fully saturated rings. The van der Waals surface area contributed by atoms with Crippen molar-refractivity contribution in [2.24, 2.45) is 5.92 Å². The predicted molar refractivity (Wildman–Crippen MR) is 151 cm³/mol. The Bertz CT molecular complexity index is 1140. The van der Waals surface area contributed by atoms with Crippen molar-refractivity contribution in [3.63, 3.8) is 0 Å². The molecule has 9 nitrogen and oxygen atoms in total. The zero-order chi connectivity index (χ0) is 28.4. The smallest absolute Gasteiger partial charge is 0.246 e. The summed E-state index contributed by atoms with van der Waals surface area (Å²) in [5.74, 6) is -0.707. The minimum atomic E-state index is -1.19. The SMILES string of the molecule is CC(C)[C@@H]1NCCOc2ccccc2C=CCNC(=O)[C@@H](Cc2ccccc2)NC(=O)[C@H](C(C)O)N(C)C1=O. The Hall–Kier alpha value is -3.69. The first kappa shape index (κ1) is 29.9. The summed E-state index contributed by atoms with van der Waals surface area (Å²) in [6, 6.07) is 14.2. The molecule has 1 aliphatic rings. The quantitative estimate of drug-likeness (QED) is 0.473. The number of hydrogen-bond donors (Lipinski definition) is 4. The lowest BCUT2D eigenvalue weighted by atomic mass is 10.00. The third-order valence-corrected chi connectivity index (χ3v) is 6.67. The molecule has 0 radical (unpaired) electrons. The molecule has 3 rings (SSSR count). The largest absolute Gasteiger partial charge is 0.492 e. The molecule has 39 heavy (non-hydrogen) atoms. The molecule has 0 bridgehead atoms. The van der Waals surface area contributed by atoms with E-state index in [2.05, 4.69) is 16.0 Å². The van der Waals surface area contributed by atoms with Crippen LogP contribution in [0.2, 0.25) is 0 Å². The minimum Gasteiger partial charge on any atom is -0.492 e. The number of ether oxygens (including phenoxy) is 1. The highest BCUT2D eigenvalue weighted by Crippen LogP contribution is 2.19. The molecule has 1 heterocycles. The fraction of sp³-hybridized carbons (Fsp3) is 0.433. The minimum absolute atomic E-state index is 0.0879. The number of nitrogens with one attached hydrogen (secondary N) is 3. The summed E-state index contributed by atoms with van der Waals surface area (Å²) in [7, 11) is 1.50. The zero-order valence-corrected chi connectivity index (χ0v) is 23.1. The van der Waals surface area contributed by atoms with Gasteiger partial charge < -0.3 is 30.7 Å². The molecule has 3 amide bonds. The first-order chi connectivity index (χ1) is 18.7. The van der Waals surface area contributed by atoms with E-state index < -0.39 is 30.1 Å². The number of carbonyl (C=O) groups is 3. The Balaban J connectivity index is 1.94. The normalized spacial score (nSPS) is 22.7. The van der Waals surface area contributed by atoms with Crippen LogP contribution < -0.4 is 20.7 Å². The summed E-state index contributed by atoms with van der Waals surface area (Å²) in [6.07, 6.45) is 2.78. The van der Waals surface area contributed by atoms with E-state index in [4.69, 9.17) is 4.74 Å². The molecule has 0 aromatic heterocycles. The maximum Gasteiger partial charge on any atom is 0.246 e. The van der Waals surface area contributed by atoms with E-state index in [9.17, 15) is 19.5 Å². The summed E-state index contributed by atoms with van der Waals surface area (Å²) in [6.45, 7) is 6.25. The van der Waals surface area contributed by atoms with Crippen molar-refractivity contribution in [2.75, 3.05) is 26.7 Å². The third-order valence-electron chi connectivity index (χ3n) is 6.67. The molecule has 2 aromatic carbocycles. The van der Waals surface area contributed by atoms with Crippen molar-refractivity contribution in [2.45, 2.75) is 51.4 Å². The first-order valence-electron chi connectivity index (χ1n) is 13.4. The number of benzene rings is 2. The number of likely N-dealkylation sites (N-methyl/N-ethyl adjacent to an activating group) is 1. The number of para-hydroxylation sites is 1. The van der Waals surface area contributed by atoms with Crippen molar-refractivity contribution in [3.05, 3.63) is 71.8 Å². The van der Waals surface area contributed by atoms with Crippen LogP contribution in [-0.4, -0.2) is 78.7 Å². The number of aliphatic hydroxyl groups is 1. The molecule has 4 N–H and O–H groups in total. The van der Waals surface area contributed by atoms with E-state index in [-0.39, 0.29) is 30.7 Å². The third kappa shape index (κ3) is 8.40. The fourth-order valence-corrected chi connectivity index (χ4v) is 4.59. The van der Waals surface area contributed by atoms with Crippen molar-refractivity contribution < 1.29 is 24.2 Å². The van der Waals surface area contributed by atoms with E-state index in [0.717, 1.165) is 11.1 Å². The highest BCUT2D eigenvalue weighted by molar-refractivity contribution is 5.93. The van der Waals surface area contributed by atoms with Crippen LogP contribution in [0, 0.1) is 5.92 Å². The topological polar surface area (TPSA) is 120 Å². The van der Waals surface area contributed by atoms with Gasteiger partial charge >= 0.3 is 0 Å². The Labute approximate surface area is 230 Å². The van der Waals surface area contributed by atoms with E-state index in [0.29, 0.717) is 18.9 Å². The number of fused-ring (bicyclic) bond motifs is 1. The highest BCUT2D eigenvalue weighted by atomic mass is 16.5. The van der Waals surface area contributed by atoms with Crippen LogP contribution in [0.3, 0.4) is 0 Å². The van der Waals surface area contributed by atoms with E-state index in [1.54, 1.807) is 0 Å². The number of rotatable bonds is 4. The summed E-state index contributed by atoms with van der Waals surface area (Å²) in [5, 5.41) is 19.4. The summed E-state index contributed by atoms with van der Waals surface area (Å²) in [4.78, 5) is 41.5. The Morgan fingerprint density at radius 2 is 1.69 bits per heavy atom. The van der Waals surface area contributed by atoms with Crippen LogP contribution in [0.4, 0.5) is 0 Å². The molecule has 2 aromatic rings. The molecule has 4 atom stereocenters. The van der Waals surface area contributed by atoms with Gasteiger partial charge in [0.2, 0.25) is 17.7 Å². The van der Waals surface area contributed by atoms with Crippen LogP contribution >= 0.6 is 0 Å². The van der Waals surface area contributed by atoms with Gasteiger partial charge in [-0.05, 0) is 24.5 Å². The van der Waals surface area contributed by atoms with Gasteiger partial charge in [-0.15, -0.1) is 0 Å².